The molecular formula is C33H33ClN4O4S. The summed E-state index contributed by atoms with van der Waals surface area (Å²) in [5, 5.41) is 2.89. The van der Waals surface area contributed by atoms with Gasteiger partial charge in [0.2, 0.25) is 0 Å². The van der Waals surface area contributed by atoms with Crippen LogP contribution in [-0.2, 0) is 16.6 Å². The summed E-state index contributed by atoms with van der Waals surface area (Å²) in [6, 6.07) is 29.0. The summed E-state index contributed by atoms with van der Waals surface area (Å²) in [5.74, 6) is -0.791. The molecule has 0 atom stereocenters. The molecule has 8 nitrogen and oxygen atoms in total. The van der Waals surface area contributed by atoms with Crippen LogP contribution in [-0.4, -0.2) is 63.3 Å². The number of rotatable bonds is 8. The van der Waals surface area contributed by atoms with Gasteiger partial charge in [-0.05, 0) is 68.0 Å². The van der Waals surface area contributed by atoms with Crippen molar-refractivity contribution in [1.29, 1.82) is 0 Å². The molecular weight excluding hydrogens is 584 g/mol. The lowest BCUT2D eigenvalue weighted by atomic mass is 10.1. The molecule has 0 radical (unpaired) electrons. The maximum atomic E-state index is 14.0. The molecule has 1 aliphatic rings. The highest BCUT2D eigenvalue weighted by molar-refractivity contribution is 7.92. The minimum absolute atomic E-state index is 0.0193. The first-order valence-corrected chi connectivity index (χ1v) is 15.9. The number of nitrogens with one attached hydrogen (secondary N) is 1. The average molecular weight is 617 g/mol. The van der Waals surface area contributed by atoms with Crippen molar-refractivity contribution in [2.24, 2.45) is 0 Å². The summed E-state index contributed by atoms with van der Waals surface area (Å²) in [6.45, 7) is 2.98. The van der Waals surface area contributed by atoms with Crippen LogP contribution in [0.3, 0.4) is 0 Å². The number of benzene rings is 4. The number of hydrogen-bond donors (Lipinski definition) is 1. The highest BCUT2D eigenvalue weighted by atomic mass is 35.5. The fourth-order valence-corrected chi connectivity index (χ4v) is 6.70. The molecule has 4 aromatic carbocycles. The molecule has 0 aromatic heterocycles. The lowest BCUT2D eigenvalue weighted by Crippen LogP contribution is -2.35. The number of carbonyl (C=O) groups excluding carboxylic acids is 2. The van der Waals surface area contributed by atoms with Crippen LogP contribution >= 0.6 is 11.6 Å². The summed E-state index contributed by atoms with van der Waals surface area (Å²) in [6.07, 6.45) is 0.859. The van der Waals surface area contributed by atoms with Gasteiger partial charge in [-0.3, -0.25) is 13.9 Å². The number of anilines is 2. The lowest BCUT2D eigenvalue weighted by Gasteiger charge is -2.25. The van der Waals surface area contributed by atoms with Crippen molar-refractivity contribution in [2.45, 2.75) is 17.9 Å². The number of hydrogen-bond acceptors (Lipinski definition) is 5. The topological polar surface area (TPSA) is 90.0 Å². The molecule has 10 heteroatoms. The van der Waals surface area contributed by atoms with Gasteiger partial charge in [-0.1, -0.05) is 72.3 Å². The quantitative estimate of drug-likeness (QED) is 0.272. The van der Waals surface area contributed by atoms with E-state index < -0.39 is 15.9 Å². The van der Waals surface area contributed by atoms with E-state index in [-0.39, 0.29) is 27.9 Å². The fourth-order valence-electron chi connectivity index (χ4n) is 5.01. The maximum Gasteiger partial charge on any atom is 0.264 e. The van der Waals surface area contributed by atoms with Gasteiger partial charge in [-0.2, -0.15) is 0 Å². The molecule has 1 fully saturated rings. The van der Waals surface area contributed by atoms with Gasteiger partial charge in [0, 0.05) is 19.6 Å². The van der Waals surface area contributed by atoms with Gasteiger partial charge in [-0.25, -0.2) is 8.42 Å². The number of carbonyl (C=O) groups is 2. The Labute approximate surface area is 257 Å². The molecule has 43 heavy (non-hydrogen) atoms. The minimum Gasteiger partial charge on any atom is -0.337 e. The third-order valence-electron chi connectivity index (χ3n) is 7.40. The standard InChI is InChI=1S/C33H33ClN4O4S/c1-36-19-10-20-37(22-21-36)33(40)28-15-8-9-16-31(28)35-32(39)29-23-27(17-18-30(29)34)43(41,42)38(26-13-6-3-7-14-26)24-25-11-4-2-5-12-25/h2-9,11-18,23H,10,19-22,24H2,1H3,(H,35,39). The van der Waals surface area contributed by atoms with Gasteiger partial charge in [0.15, 0.2) is 0 Å². The van der Waals surface area contributed by atoms with E-state index in [4.69, 9.17) is 11.6 Å². The third-order valence-corrected chi connectivity index (χ3v) is 9.50. The summed E-state index contributed by atoms with van der Waals surface area (Å²) in [4.78, 5) is 30.9. The Morgan fingerprint density at radius 1 is 0.814 bits per heavy atom. The van der Waals surface area contributed by atoms with Gasteiger partial charge in [0.25, 0.3) is 21.8 Å². The van der Waals surface area contributed by atoms with Gasteiger partial charge in [0.1, 0.15) is 0 Å². The highest BCUT2D eigenvalue weighted by Crippen LogP contribution is 2.29. The maximum absolute atomic E-state index is 14.0. The van der Waals surface area contributed by atoms with Crippen molar-refractivity contribution in [3.63, 3.8) is 0 Å². The first-order valence-electron chi connectivity index (χ1n) is 14.0. The Morgan fingerprint density at radius 2 is 1.49 bits per heavy atom. The Bertz CT molecular complexity index is 1700. The normalized spacial score (nSPS) is 14.1. The molecule has 1 saturated heterocycles. The fraction of sp³-hybridized carbons (Fsp3) is 0.212. The largest absolute Gasteiger partial charge is 0.337 e. The second-order valence-corrected chi connectivity index (χ2v) is 12.7. The Morgan fingerprint density at radius 3 is 2.23 bits per heavy atom. The number of sulfonamides is 1. The molecule has 5 rings (SSSR count). The van der Waals surface area contributed by atoms with Crippen LogP contribution in [0.15, 0.2) is 108 Å². The second-order valence-electron chi connectivity index (χ2n) is 10.4. The molecule has 2 amide bonds. The van der Waals surface area contributed by atoms with Crippen molar-refractivity contribution in [3.05, 3.63) is 125 Å². The van der Waals surface area contributed by atoms with E-state index in [9.17, 15) is 18.0 Å². The monoisotopic (exact) mass is 616 g/mol. The van der Waals surface area contributed by atoms with Crippen LogP contribution in [0.1, 0.15) is 32.7 Å². The van der Waals surface area contributed by atoms with E-state index in [0.717, 1.165) is 25.1 Å². The van der Waals surface area contributed by atoms with Crippen molar-refractivity contribution in [3.8, 4) is 0 Å². The average Bonchev–Trinajstić information content (AvgIpc) is 3.25. The molecule has 0 saturated carbocycles. The predicted octanol–water partition coefficient (Wildman–Crippen LogP) is 5.77. The van der Waals surface area contributed by atoms with E-state index >= 15 is 0 Å². The van der Waals surface area contributed by atoms with Crippen LogP contribution in [0.25, 0.3) is 0 Å². The van der Waals surface area contributed by atoms with E-state index in [2.05, 4.69) is 10.2 Å². The molecule has 222 valence electrons. The van der Waals surface area contributed by atoms with E-state index in [1.54, 1.807) is 53.4 Å². The molecule has 1 N–H and O–H groups in total. The Balaban J connectivity index is 1.44. The van der Waals surface area contributed by atoms with Gasteiger partial charge in [-0.15, -0.1) is 0 Å². The zero-order valence-corrected chi connectivity index (χ0v) is 25.4. The molecule has 0 aliphatic carbocycles. The summed E-state index contributed by atoms with van der Waals surface area (Å²) < 4.78 is 29.4. The summed E-state index contributed by atoms with van der Waals surface area (Å²) in [5.41, 5.74) is 1.96. The van der Waals surface area contributed by atoms with Crippen molar-refractivity contribution in [2.75, 3.05) is 42.8 Å². The zero-order valence-electron chi connectivity index (χ0n) is 23.8. The van der Waals surface area contributed by atoms with Crippen molar-refractivity contribution in [1.82, 2.24) is 9.80 Å². The predicted molar refractivity (Wildman–Crippen MR) is 170 cm³/mol. The van der Waals surface area contributed by atoms with Gasteiger partial charge < -0.3 is 15.1 Å². The number of halogens is 1. The molecule has 4 aromatic rings. The highest BCUT2D eigenvalue weighted by Gasteiger charge is 2.28. The first-order chi connectivity index (χ1) is 20.7. The Kier molecular flexibility index (Phi) is 9.45. The van der Waals surface area contributed by atoms with Crippen molar-refractivity contribution < 1.29 is 18.0 Å². The van der Waals surface area contributed by atoms with Crippen LogP contribution in [0, 0.1) is 0 Å². The summed E-state index contributed by atoms with van der Waals surface area (Å²) >= 11 is 6.44. The van der Waals surface area contributed by atoms with E-state index in [1.807, 2.05) is 43.4 Å². The van der Waals surface area contributed by atoms with Crippen molar-refractivity contribution >= 4 is 44.8 Å². The second kappa shape index (κ2) is 13.4. The molecule has 0 unspecified atom stereocenters. The van der Waals surface area contributed by atoms with Gasteiger partial charge >= 0.3 is 0 Å². The third kappa shape index (κ3) is 7.07. The number of likely N-dealkylation sites (N-methyl/N-ethyl adjacent to an activating group) is 1. The van der Waals surface area contributed by atoms with Crippen LogP contribution in [0.4, 0.5) is 11.4 Å². The van der Waals surface area contributed by atoms with Crippen LogP contribution in [0.2, 0.25) is 5.02 Å². The SMILES string of the molecule is CN1CCCN(C(=O)c2ccccc2NC(=O)c2cc(S(=O)(=O)N(Cc3ccccc3)c3ccccc3)ccc2Cl)CC1. The smallest absolute Gasteiger partial charge is 0.264 e. The van der Waals surface area contributed by atoms with Crippen LogP contribution < -0.4 is 9.62 Å². The molecule has 0 bridgehead atoms. The number of para-hydroxylation sites is 2. The molecule has 1 aliphatic heterocycles. The molecule has 0 spiro atoms. The van der Waals surface area contributed by atoms with Crippen LogP contribution in [0.5, 0.6) is 0 Å². The molecule has 1 heterocycles. The first kappa shape index (κ1) is 30.3. The van der Waals surface area contributed by atoms with E-state index in [0.29, 0.717) is 30.0 Å². The Hall–Kier alpha value is -4.18. The van der Waals surface area contributed by atoms with E-state index in [1.165, 1.54) is 22.5 Å². The minimum atomic E-state index is -4.11. The van der Waals surface area contributed by atoms with Gasteiger partial charge in [0.05, 0.1) is 39.0 Å². The lowest BCUT2D eigenvalue weighted by molar-refractivity contribution is 0.0764. The zero-order chi connectivity index (χ0) is 30.4. The summed E-state index contributed by atoms with van der Waals surface area (Å²) in [7, 11) is -2.08. The number of amides is 2. The number of nitrogens with zero attached hydrogens (tertiary/aromatic N) is 3.